The Hall–Kier alpha value is -2.75. The van der Waals surface area contributed by atoms with Gasteiger partial charge < -0.3 is 5.32 Å². The number of hydrogen-bond acceptors (Lipinski definition) is 3. The molecule has 128 valence electrons. The number of pyridine rings is 2. The van der Waals surface area contributed by atoms with Crippen LogP contribution in [0.3, 0.4) is 0 Å². The number of benzene rings is 1. The zero-order valence-corrected chi connectivity index (χ0v) is 14.5. The lowest BCUT2D eigenvalue weighted by molar-refractivity contribution is 0.0954. The van der Waals surface area contributed by atoms with E-state index >= 15 is 0 Å². The Morgan fingerprint density at radius 1 is 1.04 bits per heavy atom. The van der Waals surface area contributed by atoms with Crippen molar-refractivity contribution in [2.24, 2.45) is 0 Å². The summed E-state index contributed by atoms with van der Waals surface area (Å²) in [6, 6.07) is 13.5. The first-order valence-electron chi connectivity index (χ1n) is 8.88. The minimum Gasteiger partial charge on any atom is -0.352 e. The van der Waals surface area contributed by atoms with Crippen LogP contribution in [0.4, 0.5) is 0 Å². The van der Waals surface area contributed by atoms with Crippen LogP contribution < -0.4 is 5.32 Å². The number of para-hydroxylation sites is 1. The second-order valence-corrected chi connectivity index (χ2v) is 6.12. The van der Waals surface area contributed by atoms with Crippen LogP contribution in [0.15, 0.2) is 54.9 Å². The van der Waals surface area contributed by atoms with Gasteiger partial charge in [0.1, 0.15) is 0 Å². The molecule has 0 fully saturated rings. The van der Waals surface area contributed by atoms with Crippen molar-refractivity contribution in [1.29, 1.82) is 0 Å². The first-order valence-corrected chi connectivity index (χ1v) is 8.88. The number of hydrogen-bond donors (Lipinski definition) is 1. The molecule has 0 radical (unpaired) electrons. The predicted molar refractivity (Wildman–Crippen MR) is 101 cm³/mol. The quantitative estimate of drug-likeness (QED) is 0.643. The Morgan fingerprint density at radius 3 is 2.64 bits per heavy atom. The fraction of sp³-hybridized carbons (Fsp3) is 0.286. The minimum atomic E-state index is -0.0367. The van der Waals surface area contributed by atoms with Crippen molar-refractivity contribution in [3.63, 3.8) is 0 Å². The fourth-order valence-corrected chi connectivity index (χ4v) is 2.88. The van der Waals surface area contributed by atoms with Crippen LogP contribution in [0.1, 0.15) is 43.0 Å². The topological polar surface area (TPSA) is 54.9 Å². The van der Waals surface area contributed by atoms with E-state index in [0.29, 0.717) is 12.1 Å². The van der Waals surface area contributed by atoms with E-state index in [1.807, 2.05) is 42.5 Å². The number of nitrogens with zero attached hydrogens (tertiary/aromatic N) is 2. The minimum absolute atomic E-state index is 0.0367. The fourth-order valence-electron chi connectivity index (χ4n) is 2.88. The van der Waals surface area contributed by atoms with E-state index in [2.05, 4.69) is 17.2 Å². The molecule has 25 heavy (non-hydrogen) atoms. The monoisotopic (exact) mass is 333 g/mol. The highest BCUT2D eigenvalue weighted by molar-refractivity contribution is 6.07. The molecule has 0 aliphatic carbocycles. The van der Waals surface area contributed by atoms with E-state index in [4.69, 9.17) is 4.98 Å². The average molecular weight is 333 g/mol. The van der Waals surface area contributed by atoms with E-state index in [0.717, 1.165) is 35.0 Å². The normalized spacial score (nSPS) is 10.8. The summed E-state index contributed by atoms with van der Waals surface area (Å²) in [6.07, 6.45) is 8.04. The van der Waals surface area contributed by atoms with E-state index in [9.17, 15) is 4.79 Å². The van der Waals surface area contributed by atoms with Crippen molar-refractivity contribution in [2.75, 3.05) is 6.54 Å². The van der Waals surface area contributed by atoms with Gasteiger partial charge in [-0.15, -0.1) is 0 Å². The lowest BCUT2D eigenvalue weighted by atomic mass is 10.0. The van der Waals surface area contributed by atoms with Gasteiger partial charge in [0.25, 0.3) is 5.91 Å². The van der Waals surface area contributed by atoms with Crippen LogP contribution in [-0.2, 0) is 0 Å². The van der Waals surface area contributed by atoms with Crippen LogP contribution >= 0.6 is 0 Å². The van der Waals surface area contributed by atoms with Crippen LogP contribution in [0.5, 0.6) is 0 Å². The van der Waals surface area contributed by atoms with Crippen molar-refractivity contribution in [3.8, 4) is 11.3 Å². The van der Waals surface area contributed by atoms with Crippen molar-refractivity contribution in [1.82, 2.24) is 15.3 Å². The molecule has 0 aliphatic heterocycles. The standard InChI is InChI=1S/C21H23N3O/c1-2-3-4-7-12-23-21(25)18-15-20(16-10-13-22-14-11-16)24-19-9-6-5-8-17(18)19/h5-6,8-11,13-15H,2-4,7,12H2,1H3,(H,23,25). The number of aromatic nitrogens is 2. The molecule has 1 amide bonds. The second kappa shape index (κ2) is 8.38. The molecule has 0 saturated carbocycles. The van der Waals surface area contributed by atoms with E-state index in [1.165, 1.54) is 12.8 Å². The lowest BCUT2D eigenvalue weighted by Crippen LogP contribution is -2.24. The van der Waals surface area contributed by atoms with E-state index in [-0.39, 0.29) is 5.91 Å². The van der Waals surface area contributed by atoms with Gasteiger partial charge in [-0.25, -0.2) is 4.98 Å². The maximum absolute atomic E-state index is 12.7. The molecule has 1 aromatic carbocycles. The third-order valence-corrected chi connectivity index (χ3v) is 4.25. The molecular weight excluding hydrogens is 310 g/mol. The summed E-state index contributed by atoms with van der Waals surface area (Å²) in [5.41, 5.74) is 3.25. The smallest absolute Gasteiger partial charge is 0.252 e. The number of nitrogens with one attached hydrogen (secondary N) is 1. The summed E-state index contributed by atoms with van der Waals surface area (Å²) < 4.78 is 0. The molecule has 4 heteroatoms. The van der Waals surface area contributed by atoms with Crippen LogP contribution in [0.2, 0.25) is 0 Å². The van der Waals surface area contributed by atoms with Crippen LogP contribution in [-0.4, -0.2) is 22.4 Å². The molecule has 3 aromatic rings. The van der Waals surface area contributed by atoms with Crippen molar-refractivity contribution < 1.29 is 4.79 Å². The van der Waals surface area contributed by atoms with Gasteiger partial charge in [0.2, 0.25) is 0 Å². The largest absolute Gasteiger partial charge is 0.352 e. The van der Waals surface area contributed by atoms with Gasteiger partial charge in [-0.3, -0.25) is 9.78 Å². The van der Waals surface area contributed by atoms with Gasteiger partial charge in [0.05, 0.1) is 16.8 Å². The SMILES string of the molecule is CCCCCCNC(=O)c1cc(-c2ccncc2)nc2ccccc12. The molecule has 2 heterocycles. The van der Waals surface area contributed by atoms with Crippen LogP contribution in [0, 0.1) is 0 Å². The molecule has 0 atom stereocenters. The molecule has 0 bridgehead atoms. The van der Waals surface area contributed by atoms with Crippen molar-refractivity contribution in [2.45, 2.75) is 32.6 Å². The first kappa shape index (κ1) is 17.1. The summed E-state index contributed by atoms with van der Waals surface area (Å²) in [4.78, 5) is 21.5. The summed E-state index contributed by atoms with van der Waals surface area (Å²) >= 11 is 0. The summed E-state index contributed by atoms with van der Waals surface area (Å²) in [5, 5.41) is 3.93. The molecule has 0 unspecified atom stereocenters. The van der Waals surface area contributed by atoms with Gasteiger partial charge >= 0.3 is 0 Å². The van der Waals surface area contributed by atoms with Crippen molar-refractivity contribution >= 4 is 16.8 Å². The summed E-state index contributed by atoms with van der Waals surface area (Å²) in [7, 11) is 0. The van der Waals surface area contributed by atoms with Gasteiger partial charge in [-0.2, -0.15) is 0 Å². The molecular formula is C21H23N3O. The maximum atomic E-state index is 12.7. The Bertz CT molecular complexity index is 846. The molecule has 3 rings (SSSR count). The molecule has 0 spiro atoms. The number of carbonyl (C=O) groups excluding carboxylic acids is 1. The lowest BCUT2D eigenvalue weighted by Gasteiger charge is -2.10. The van der Waals surface area contributed by atoms with E-state index in [1.54, 1.807) is 12.4 Å². The zero-order valence-electron chi connectivity index (χ0n) is 14.5. The van der Waals surface area contributed by atoms with Crippen LogP contribution in [0.25, 0.3) is 22.2 Å². The highest BCUT2D eigenvalue weighted by Crippen LogP contribution is 2.24. The van der Waals surface area contributed by atoms with E-state index < -0.39 is 0 Å². The van der Waals surface area contributed by atoms with Crippen molar-refractivity contribution in [3.05, 3.63) is 60.4 Å². The number of fused-ring (bicyclic) bond motifs is 1. The maximum Gasteiger partial charge on any atom is 0.252 e. The summed E-state index contributed by atoms with van der Waals surface area (Å²) in [6.45, 7) is 2.89. The third kappa shape index (κ3) is 4.21. The van der Waals surface area contributed by atoms with Gasteiger partial charge in [-0.1, -0.05) is 44.4 Å². The Balaban J connectivity index is 1.89. The zero-order chi connectivity index (χ0) is 17.5. The summed E-state index contributed by atoms with van der Waals surface area (Å²) in [5.74, 6) is -0.0367. The molecule has 0 aliphatic rings. The Morgan fingerprint density at radius 2 is 1.84 bits per heavy atom. The molecule has 2 aromatic heterocycles. The highest BCUT2D eigenvalue weighted by atomic mass is 16.1. The molecule has 0 saturated heterocycles. The second-order valence-electron chi connectivity index (χ2n) is 6.12. The predicted octanol–water partition coefficient (Wildman–Crippen LogP) is 4.61. The third-order valence-electron chi connectivity index (χ3n) is 4.25. The van der Waals surface area contributed by atoms with Gasteiger partial charge in [0, 0.05) is 29.9 Å². The number of carbonyl (C=O) groups is 1. The molecule has 4 nitrogen and oxygen atoms in total. The molecule has 1 N–H and O–H groups in total. The Labute approximate surface area is 148 Å². The van der Waals surface area contributed by atoms with Gasteiger partial charge in [0.15, 0.2) is 0 Å². The number of rotatable bonds is 7. The average Bonchev–Trinajstić information content (AvgIpc) is 2.67. The number of amides is 1. The highest BCUT2D eigenvalue weighted by Gasteiger charge is 2.13. The van der Waals surface area contributed by atoms with Gasteiger partial charge in [-0.05, 0) is 30.7 Å². The number of unbranched alkanes of at least 4 members (excludes halogenated alkanes) is 3. The first-order chi connectivity index (χ1) is 12.3. The Kier molecular flexibility index (Phi) is 5.73.